The molecule has 4 N–H and O–H groups in total. The number of carbonyl (C=O) groups excluding carboxylic acids is 6. The molecule has 2 bridgehead atoms. The van der Waals surface area contributed by atoms with Crippen LogP contribution in [-0.4, -0.2) is 117 Å². The summed E-state index contributed by atoms with van der Waals surface area (Å²) in [5.74, 6) is -5.70. The fourth-order valence-electron chi connectivity index (χ4n) is 10.3. The zero-order valence-electron chi connectivity index (χ0n) is 35.0. The number of amides is 1. The number of aliphatic hydroxyl groups excluding tert-OH is 3. The molecule has 1 amide bonds. The number of hydrogen-bond donors (Lipinski definition) is 4. The molecule has 0 radical (unpaired) electrons. The van der Waals surface area contributed by atoms with E-state index in [1.165, 1.54) is 39.8 Å². The first-order valence-corrected chi connectivity index (χ1v) is 20.0. The maximum absolute atomic E-state index is 15.1. The van der Waals surface area contributed by atoms with Crippen molar-refractivity contribution in [3.8, 4) is 0 Å². The summed E-state index contributed by atoms with van der Waals surface area (Å²) in [6.45, 7) is 11.5. The molecule has 17 nitrogen and oxygen atoms in total. The number of alkyl carbamates (subject to hydrolysis) is 1. The molecule has 2 heterocycles. The normalized spacial score (nSPS) is 34.5. The molecule has 2 aromatic carbocycles. The molecule has 7 rings (SSSR count). The number of fused-ring (bicyclic) bond motifs is 4. The van der Waals surface area contributed by atoms with Crippen LogP contribution < -0.4 is 5.32 Å². The Morgan fingerprint density at radius 3 is 2.13 bits per heavy atom. The minimum atomic E-state index is -2.34. The molecule has 2 saturated heterocycles. The summed E-state index contributed by atoms with van der Waals surface area (Å²) in [7, 11) is 0. The lowest BCUT2D eigenvalue weighted by molar-refractivity contribution is -0.345. The molecule has 3 aliphatic carbocycles. The number of ketones is 1. The Labute approximate surface area is 351 Å². The number of ether oxygens (including phenoxy) is 7. The predicted molar refractivity (Wildman–Crippen MR) is 208 cm³/mol. The number of rotatable bonds is 8. The van der Waals surface area contributed by atoms with E-state index in [9.17, 15) is 39.3 Å². The molecular weight excluding hydrogens is 798 g/mol. The molecule has 4 fully saturated rings. The number of aliphatic hydroxyl groups is 3. The van der Waals surface area contributed by atoms with Crippen molar-refractivity contribution < 1.29 is 77.2 Å². The SMILES string of the molecule is CC(=O)OC12CO[C@@H]1C[C@H](O)[C@@]1(C)C(=O)[C@H](O)C3=C(C)[C@@H](OC(=O)[C@H](O)[C@@H](NC(=O)OC(C)(C)C)c4ccccc4)[C@@H]4OC(=O)O[C@]4([C@@H](OC(=O)c4ccccc4)[C@H]21)C3(C)C. The lowest BCUT2D eigenvalue weighted by Crippen LogP contribution is -2.83. The van der Waals surface area contributed by atoms with Crippen molar-refractivity contribution in [3.05, 3.63) is 82.9 Å². The molecule has 0 aromatic heterocycles. The lowest BCUT2D eigenvalue weighted by atomic mass is 9.44. The summed E-state index contributed by atoms with van der Waals surface area (Å²) in [6, 6.07) is 14.3. The second kappa shape index (κ2) is 15.2. The average molecular weight is 850 g/mol. The standard InChI is InChI=1S/C44H51NO16/c1-21-27-29(48)33(50)42(8)25(47)19-26-43(20-55-26,59-22(2)46)32(42)35(57-36(51)24-17-13-10-14-18-24)44(41(27,6)7)34(58-39(54)61-44)31(21)56-37(52)30(49)28(23-15-11-9-12-16-23)45-38(53)60-40(3,4)5/h9-18,25-26,28-32,34-35,47-49H,19-20H2,1-8H3,(H,45,53)/t25-,26+,28-,29+,30+,31+,32-,34-,35-,42+,43?,44+/m0/s1. The highest BCUT2D eigenvalue weighted by Crippen LogP contribution is 2.66. The fraction of sp³-hybridized carbons (Fsp3) is 0.545. The third-order valence-corrected chi connectivity index (χ3v) is 13.0. The van der Waals surface area contributed by atoms with Crippen LogP contribution in [0.15, 0.2) is 71.8 Å². The van der Waals surface area contributed by atoms with Gasteiger partial charge in [0.15, 0.2) is 35.8 Å². The molecule has 2 aromatic rings. The summed E-state index contributed by atoms with van der Waals surface area (Å²) in [4.78, 5) is 83.7. The zero-order valence-corrected chi connectivity index (χ0v) is 35.0. The Hall–Kier alpha value is -5.36. The van der Waals surface area contributed by atoms with Gasteiger partial charge in [0.25, 0.3) is 0 Å². The van der Waals surface area contributed by atoms with Crippen molar-refractivity contribution >= 4 is 35.9 Å². The Morgan fingerprint density at radius 2 is 1.56 bits per heavy atom. The van der Waals surface area contributed by atoms with Gasteiger partial charge in [-0.1, -0.05) is 62.4 Å². The minimum absolute atomic E-state index is 0.0155. The fourth-order valence-corrected chi connectivity index (χ4v) is 10.3. The van der Waals surface area contributed by atoms with Gasteiger partial charge in [-0.15, -0.1) is 0 Å². The van der Waals surface area contributed by atoms with Gasteiger partial charge in [0.2, 0.25) is 5.60 Å². The second-order valence-corrected chi connectivity index (χ2v) is 18.1. The largest absolute Gasteiger partial charge is 0.509 e. The van der Waals surface area contributed by atoms with Gasteiger partial charge in [-0.3, -0.25) is 9.59 Å². The molecular formula is C44H51NO16. The van der Waals surface area contributed by atoms with Crippen LogP contribution in [-0.2, 0) is 47.5 Å². The molecule has 12 atom stereocenters. The van der Waals surface area contributed by atoms with Gasteiger partial charge in [-0.05, 0) is 63.5 Å². The monoisotopic (exact) mass is 849 g/mol. The Bertz CT molecular complexity index is 2150. The summed E-state index contributed by atoms with van der Waals surface area (Å²) in [6.07, 6.45) is -14.8. The molecule has 5 aliphatic rings. The van der Waals surface area contributed by atoms with E-state index < -0.39 is 118 Å². The molecule has 2 aliphatic heterocycles. The van der Waals surface area contributed by atoms with Crippen molar-refractivity contribution in [2.24, 2.45) is 16.7 Å². The van der Waals surface area contributed by atoms with E-state index >= 15 is 4.79 Å². The summed E-state index contributed by atoms with van der Waals surface area (Å²) < 4.78 is 42.0. The van der Waals surface area contributed by atoms with Crippen LogP contribution in [0, 0.1) is 16.7 Å². The smallest absolute Gasteiger partial charge is 0.454 e. The van der Waals surface area contributed by atoms with Crippen molar-refractivity contribution in [1.82, 2.24) is 5.32 Å². The number of carbonyl (C=O) groups is 6. The maximum atomic E-state index is 15.1. The Kier molecular flexibility index (Phi) is 10.9. The maximum Gasteiger partial charge on any atom is 0.509 e. The van der Waals surface area contributed by atoms with E-state index in [4.69, 9.17) is 33.2 Å². The van der Waals surface area contributed by atoms with E-state index in [0.717, 1.165) is 6.92 Å². The van der Waals surface area contributed by atoms with Crippen molar-refractivity contribution in [2.45, 2.75) is 127 Å². The lowest BCUT2D eigenvalue weighted by Gasteiger charge is -2.67. The van der Waals surface area contributed by atoms with Crippen LogP contribution in [0.25, 0.3) is 0 Å². The Balaban J connectivity index is 1.42. The number of benzene rings is 2. The van der Waals surface area contributed by atoms with E-state index in [1.807, 2.05) is 0 Å². The van der Waals surface area contributed by atoms with Crippen molar-refractivity contribution in [3.63, 3.8) is 0 Å². The van der Waals surface area contributed by atoms with Crippen LogP contribution in [0.5, 0.6) is 0 Å². The zero-order chi connectivity index (χ0) is 44.6. The highest BCUT2D eigenvalue weighted by atomic mass is 16.8. The summed E-state index contributed by atoms with van der Waals surface area (Å²) >= 11 is 0. The number of esters is 3. The van der Waals surface area contributed by atoms with Gasteiger partial charge in [0.1, 0.15) is 17.8 Å². The third kappa shape index (κ3) is 6.85. The molecule has 1 unspecified atom stereocenters. The number of Topliss-reactive ketones (excluding diaryl/α,β-unsaturated/α-hetero) is 1. The van der Waals surface area contributed by atoms with Gasteiger partial charge in [-0.2, -0.15) is 0 Å². The van der Waals surface area contributed by atoms with Crippen molar-refractivity contribution in [2.75, 3.05) is 6.61 Å². The second-order valence-electron chi connectivity index (χ2n) is 18.1. The summed E-state index contributed by atoms with van der Waals surface area (Å²) in [5.41, 5.74) is -8.72. The highest BCUT2D eigenvalue weighted by Gasteiger charge is 2.83. The van der Waals surface area contributed by atoms with Gasteiger partial charge in [-0.25, -0.2) is 19.2 Å². The van der Waals surface area contributed by atoms with Crippen LogP contribution in [0.1, 0.15) is 83.8 Å². The average Bonchev–Trinajstić information content (AvgIpc) is 3.55. The molecule has 61 heavy (non-hydrogen) atoms. The topological polar surface area (TPSA) is 240 Å². The van der Waals surface area contributed by atoms with Crippen LogP contribution >= 0.6 is 0 Å². The van der Waals surface area contributed by atoms with Crippen LogP contribution in [0.4, 0.5) is 9.59 Å². The number of hydrogen-bond acceptors (Lipinski definition) is 16. The van der Waals surface area contributed by atoms with Gasteiger partial charge in [0.05, 0.1) is 35.6 Å². The third-order valence-electron chi connectivity index (χ3n) is 13.0. The van der Waals surface area contributed by atoms with Crippen molar-refractivity contribution in [1.29, 1.82) is 0 Å². The molecule has 17 heteroatoms. The predicted octanol–water partition coefficient (Wildman–Crippen LogP) is 3.41. The van der Waals surface area contributed by atoms with Gasteiger partial charge >= 0.3 is 30.2 Å². The van der Waals surface area contributed by atoms with Crippen LogP contribution in [0.3, 0.4) is 0 Å². The first-order valence-electron chi connectivity index (χ1n) is 20.0. The molecule has 2 saturated carbocycles. The minimum Gasteiger partial charge on any atom is -0.454 e. The molecule has 328 valence electrons. The molecule has 1 spiro atoms. The first kappa shape index (κ1) is 43.7. The van der Waals surface area contributed by atoms with E-state index in [0.29, 0.717) is 0 Å². The van der Waals surface area contributed by atoms with Gasteiger partial charge < -0.3 is 53.8 Å². The Morgan fingerprint density at radius 1 is 0.934 bits per heavy atom. The van der Waals surface area contributed by atoms with E-state index in [1.54, 1.807) is 69.3 Å². The number of nitrogens with one attached hydrogen (secondary N) is 1. The van der Waals surface area contributed by atoms with E-state index in [-0.39, 0.29) is 35.3 Å². The first-order chi connectivity index (χ1) is 28.5. The van der Waals surface area contributed by atoms with Crippen LogP contribution in [0.2, 0.25) is 0 Å². The quantitative estimate of drug-likeness (QED) is 0.169. The van der Waals surface area contributed by atoms with E-state index in [2.05, 4.69) is 5.32 Å². The van der Waals surface area contributed by atoms with Gasteiger partial charge in [0, 0.05) is 18.8 Å². The summed E-state index contributed by atoms with van der Waals surface area (Å²) in [5, 5.41) is 38.6. The highest BCUT2D eigenvalue weighted by molar-refractivity contribution is 5.94.